The molecule has 40 heavy (non-hydrogen) atoms. The molecule has 2 unspecified atom stereocenters. The van der Waals surface area contributed by atoms with Crippen LogP contribution in [-0.2, 0) is 9.59 Å². The van der Waals surface area contributed by atoms with Crippen LogP contribution in [0.1, 0.15) is 168 Å². The van der Waals surface area contributed by atoms with Gasteiger partial charge in [-0.3, -0.25) is 9.59 Å². The molecule has 232 valence electrons. The molecule has 4 heteroatoms. The molecule has 2 N–H and O–H groups in total. The van der Waals surface area contributed by atoms with E-state index in [1.54, 1.807) is 0 Å². The first-order chi connectivity index (χ1) is 19.5. The Kier molecular flexibility index (Phi) is 28.7. The van der Waals surface area contributed by atoms with Crippen LogP contribution in [0.5, 0.6) is 0 Å². The summed E-state index contributed by atoms with van der Waals surface area (Å²) in [7, 11) is 0. The lowest BCUT2D eigenvalue weighted by Crippen LogP contribution is -2.30. The molecule has 0 heterocycles. The lowest BCUT2D eigenvalue weighted by Gasteiger charge is -2.20. The van der Waals surface area contributed by atoms with Crippen LogP contribution in [0.15, 0.2) is 36.5 Å². The Balaban J connectivity index is 3.97. The van der Waals surface area contributed by atoms with Gasteiger partial charge in [-0.15, -0.1) is 0 Å². The summed E-state index contributed by atoms with van der Waals surface area (Å²) in [6, 6.07) is 0. The van der Waals surface area contributed by atoms with Crippen molar-refractivity contribution in [3.05, 3.63) is 36.5 Å². The van der Waals surface area contributed by atoms with Gasteiger partial charge in [-0.2, -0.15) is 0 Å². The average Bonchev–Trinajstić information content (AvgIpc) is 2.93. The van der Waals surface area contributed by atoms with Gasteiger partial charge in [0.25, 0.3) is 0 Å². The number of carbonyl (C=O) groups is 2. The van der Waals surface area contributed by atoms with E-state index in [0.717, 1.165) is 70.6 Å². The van der Waals surface area contributed by atoms with Crippen LogP contribution in [0.25, 0.3) is 0 Å². The molecule has 0 bridgehead atoms. The molecule has 0 aliphatic heterocycles. The van der Waals surface area contributed by atoms with Gasteiger partial charge in [0.15, 0.2) is 0 Å². The van der Waals surface area contributed by atoms with Gasteiger partial charge >= 0.3 is 11.9 Å². The fraction of sp³-hybridized carbons (Fsp3) is 0.778. The van der Waals surface area contributed by atoms with Crippen molar-refractivity contribution in [2.75, 3.05) is 0 Å². The Labute approximate surface area is 247 Å². The molecule has 4 nitrogen and oxygen atoms in total. The van der Waals surface area contributed by atoms with E-state index in [0.29, 0.717) is 12.8 Å². The first-order valence-corrected chi connectivity index (χ1v) is 16.9. The minimum Gasteiger partial charge on any atom is -0.481 e. The molecule has 0 aromatic heterocycles. The van der Waals surface area contributed by atoms with E-state index < -0.39 is 23.8 Å². The third kappa shape index (κ3) is 25.1. The van der Waals surface area contributed by atoms with E-state index in [1.807, 2.05) is 0 Å². The number of unbranched alkanes of at least 4 members (excludes halogenated alkanes) is 17. The third-order valence-electron chi connectivity index (χ3n) is 7.86. The first kappa shape index (κ1) is 38.2. The van der Waals surface area contributed by atoms with Gasteiger partial charge in [0.05, 0.1) is 11.8 Å². The predicted molar refractivity (Wildman–Crippen MR) is 172 cm³/mol. The zero-order chi connectivity index (χ0) is 29.5. The minimum atomic E-state index is -0.950. The van der Waals surface area contributed by atoms with E-state index in [4.69, 9.17) is 0 Å². The van der Waals surface area contributed by atoms with Crippen LogP contribution in [0.4, 0.5) is 0 Å². The van der Waals surface area contributed by atoms with Crippen molar-refractivity contribution in [3.63, 3.8) is 0 Å². The lowest BCUT2D eigenvalue weighted by molar-refractivity contribution is -0.154. The molecule has 0 aliphatic rings. The maximum atomic E-state index is 11.9. The summed E-state index contributed by atoms with van der Waals surface area (Å²) in [5, 5.41) is 19.5. The molecule has 0 fully saturated rings. The molecule has 0 aromatic carbocycles. The van der Waals surface area contributed by atoms with Gasteiger partial charge in [0.2, 0.25) is 0 Å². The number of allylic oxidation sites excluding steroid dienone is 6. The smallest absolute Gasteiger partial charge is 0.307 e. The SMILES string of the molecule is CCCCC/C=C\C/C=C\CCCCCCC(C(=O)O)C(CCCCCC/C=C\CCCCCCCC)C(=O)O. The van der Waals surface area contributed by atoms with Crippen molar-refractivity contribution in [1.29, 1.82) is 0 Å². The summed E-state index contributed by atoms with van der Waals surface area (Å²) >= 11 is 0. The zero-order valence-corrected chi connectivity index (χ0v) is 26.3. The van der Waals surface area contributed by atoms with E-state index in [2.05, 4.69) is 50.3 Å². The topological polar surface area (TPSA) is 74.6 Å². The number of hydrogen-bond donors (Lipinski definition) is 2. The van der Waals surface area contributed by atoms with Crippen molar-refractivity contribution in [2.24, 2.45) is 11.8 Å². The Hall–Kier alpha value is -1.84. The molecular weight excluding hydrogens is 496 g/mol. The molecule has 0 spiro atoms. The second kappa shape index (κ2) is 30.1. The summed E-state index contributed by atoms with van der Waals surface area (Å²) < 4.78 is 0. The highest BCUT2D eigenvalue weighted by molar-refractivity contribution is 5.79. The minimum absolute atomic E-state index is 0.467. The summed E-state index contributed by atoms with van der Waals surface area (Å²) in [6.07, 6.45) is 39.8. The van der Waals surface area contributed by atoms with Crippen LogP contribution in [0.3, 0.4) is 0 Å². The number of hydrogen-bond acceptors (Lipinski definition) is 2. The van der Waals surface area contributed by atoms with E-state index >= 15 is 0 Å². The van der Waals surface area contributed by atoms with E-state index in [1.165, 1.54) is 70.6 Å². The number of aliphatic carboxylic acids is 2. The van der Waals surface area contributed by atoms with Gasteiger partial charge in [-0.1, -0.05) is 134 Å². The van der Waals surface area contributed by atoms with Gasteiger partial charge in [-0.05, 0) is 70.6 Å². The molecule has 0 saturated carbocycles. The second-order valence-corrected chi connectivity index (χ2v) is 11.6. The molecule has 0 aromatic rings. The van der Waals surface area contributed by atoms with Crippen molar-refractivity contribution in [2.45, 2.75) is 168 Å². The van der Waals surface area contributed by atoms with Crippen LogP contribution < -0.4 is 0 Å². The molecule has 0 rings (SSSR count). The molecule has 2 atom stereocenters. The second-order valence-electron chi connectivity index (χ2n) is 11.6. The molecule has 0 radical (unpaired) electrons. The van der Waals surface area contributed by atoms with Gasteiger partial charge in [-0.25, -0.2) is 0 Å². The maximum absolute atomic E-state index is 11.9. The summed E-state index contributed by atoms with van der Waals surface area (Å²) in [5.41, 5.74) is 0. The molecular formula is C36H64O4. The Morgan fingerprint density at radius 1 is 0.450 bits per heavy atom. The van der Waals surface area contributed by atoms with Gasteiger partial charge in [0.1, 0.15) is 0 Å². The van der Waals surface area contributed by atoms with Crippen LogP contribution >= 0.6 is 0 Å². The third-order valence-corrected chi connectivity index (χ3v) is 7.86. The summed E-state index contributed by atoms with van der Waals surface area (Å²) in [6.45, 7) is 4.48. The van der Waals surface area contributed by atoms with Crippen LogP contribution in [-0.4, -0.2) is 22.2 Å². The summed E-state index contributed by atoms with van der Waals surface area (Å²) in [5.74, 6) is -3.44. The molecule has 0 amide bonds. The van der Waals surface area contributed by atoms with Gasteiger partial charge in [0, 0.05) is 0 Å². The number of carboxylic acids is 2. The van der Waals surface area contributed by atoms with Crippen molar-refractivity contribution < 1.29 is 19.8 Å². The molecule has 0 aliphatic carbocycles. The van der Waals surface area contributed by atoms with E-state index in [9.17, 15) is 19.8 Å². The predicted octanol–water partition coefficient (Wildman–Crippen LogP) is 11.5. The number of carboxylic acid groups (broad SMARTS) is 2. The lowest BCUT2D eigenvalue weighted by atomic mass is 9.84. The van der Waals surface area contributed by atoms with Crippen LogP contribution in [0.2, 0.25) is 0 Å². The largest absolute Gasteiger partial charge is 0.481 e. The normalized spacial score (nSPS) is 13.6. The zero-order valence-electron chi connectivity index (χ0n) is 26.3. The average molecular weight is 561 g/mol. The Morgan fingerprint density at radius 3 is 1.15 bits per heavy atom. The Morgan fingerprint density at radius 2 is 0.750 bits per heavy atom. The Bertz CT molecular complexity index is 664. The highest BCUT2D eigenvalue weighted by atomic mass is 16.4. The van der Waals surface area contributed by atoms with Crippen molar-refractivity contribution in [1.82, 2.24) is 0 Å². The number of rotatable bonds is 30. The fourth-order valence-corrected chi connectivity index (χ4v) is 5.25. The monoisotopic (exact) mass is 560 g/mol. The van der Waals surface area contributed by atoms with E-state index in [-0.39, 0.29) is 0 Å². The highest BCUT2D eigenvalue weighted by Crippen LogP contribution is 2.26. The summed E-state index contributed by atoms with van der Waals surface area (Å²) in [4.78, 5) is 23.7. The maximum Gasteiger partial charge on any atom is 0.307 e. The highest BCUT2D eigenvalue weighted by Gasteiger charge is 2.32. The van der Waals surface area contributed by atoms with Crippen molar-refractivity contribution >= 4 is 11.9 Å². The fourth-order valence-electron chi connectivity index (χ4n) is 5.25. The van der Waals surface area contributed by atoms with Gasteiger partial charge < -0.3 is 10.2 Å². The van der Waals surface area contributed by atoms with Crippen molar-refractivity contribution in [3.8, 4) is 0 Å². The quantitative estimate of drug-likeness (QED) is 0.0676. The molecule has 0 saturated heterocycles. The standard InChI is InChI=1S/C36H64O4/c1-3-5-7-9-11-13-15-17-19-21-23-25-27-29-31-33(35(37)38)34(36(39)40)32-30-28-26-24-22-20-18-16-14-12-10-8-6-4-2/h11,13,17-20,33-34H,3-10,12,14-16,21-32H2,1-2H3,(H,37,38)(H,39,40)/b13-11-,19-17-,20-18-. The van der Waals surface area contributed by atoms with Crippen LogP contribution in [0, 0.1) is 11.8 Å². The first-order valence-electron chi connectivity index (χ1n) is 16.9.